The largest absolute Gasteiger partial charge is 0.396 e. The van der Waals surface area contributed by atoms with Gasteiger partial charge in [0.15, 0.2) is 5.82 Å². The van der Waals surface area contributed by atoms with Crippen molar-refractivity contribution in [3.63, 3.8) is 0 Å². The first-order valence-corrected chi connectivity index (χ1v) is 13.4. The molecule has 8 nitrogen and oxygen atoms in total. The van der Waals surface area contributed by atoms with Crippen LogP contribution < -0.4 is 16.0 Å². The highest BCUT2D eigenvalue weighted by molar-refractivity contribution is 5.78. The number of pyridine rings is 2. The van der Waals surface area contributed by atoms with E-state index in [0.717, 1.165) is 74.0 Å². The lowest BCUT2D eigenvalue weighted by Gasteiger charge is -2.43. The van der Waals surface area contributed by atoms with Crippen LogP contribution in [0.25, 0.3) is 6.08 Å². The summed E-state index contributed by atoms with van der Waals surface area (Å²) in [6.45, 7) is 6.89. The molecule has 190 valence electrons. The number of anilines is 4. The van der Waals surface area contributed by atoms with E-state index < -0.39 is 0 Å². The molecule has 3 N–H and O–H groups in total. The number of amides is 1. The van der Waals surface area contributed by atoms with Crippen LogP contribution in [0.3, 0.4) is 0 Å². The van der Waals surface area contributed by atoms with E-state index in [1.807, 2.05) is 24.3 Å². The normalized spacial score (nSPS) is 24.1. The number of nitrogens with zero attached hydrogens (tertiary/aromatic N) is 4. The smallest absolute Gasteiger partial charge is 0.225 e. The number of nitrogens with one attached hydrogen (secondary N) is 1. The lowest BCUT2D eigenvalue weighted by atomic mass is 10.0. The lowest BCUT2D eigenvalue weighted by molar-refractivity contribution is -0.136. The van der Waals surface area contributed by atoms with Crippen molar-refractivity contribution in [2.24, 2.45) is 5.92 Å². The summed E-state index contributed by atoms with van der Waals surface area (Å²) in [7, 11) is 0. The van der Waals surface area contributed by atoms with Crippen LogP contribution >= 0.6 is 0 Å². The molecule has 8 heteroatoms. The molecule has 36 heavy (non-hydrogen) atoms. The Balaban J connectivity index is 1.22. The van der Waals surface area contributed by atoms with E-state index in [-0.39, 0.29) is 18.1 Å². The molecule has 0 unspecified atom stereocenters. The summed E-state index contributed by atoms with van der Waals surface area (Å²) in [4.78, 5) is 27.2. The third-order valence-electron chi connectivity index (χ3n) is 7.94. The van der Waals surface area contributed by atoms with Crippen LogP contribution in [0.2, 0.25) is 0 Å². The van der Waals surface area contributed by atoms with Gasteiger partial charge in [-0.25, -0.2) is 9.97 Å². The molecular formula is C28H36N6O2. The van der Waals surface area contributed by atoms with Gasteiger partial charge < -0.3 is 25.6 Å². The summed E-state index contributed by atoms with van der Waals surface area (Å²) in [5.41, 5.74) is 10.3. The number of nitrogens with two attached hydrogens (primary N) is 1. The van der Waals surface area contributed by atoms with Crippen LogP contribution in [0, 0.1) is 5.92 Å². The SMILES string of the molecule is C=Cc1ccnc(Nc2cc(N)c(N3CCN(C(=O)C[C@H]4CCCO4)[C@H](C4CC4)C3)nc2C2CC2)c1. The summed E-state index contributed by atoms with van der Waals surface area (Å²) >= 11 is 0. The Morgan fingerprint density at radius 3 is 2.81 bits per heavy atom. The summed E-state index contributed by atoms with van der Waals surface area (Å²) in [6.07, 6.45) is 10.9. The fraction of sp³-hybridized carbons (Fsp3) is 0.536. The van der Waals surface area contributed by atoms with Crippen molar-refractivity contribution >= 4 is 35.0 Å². The first-order chi connectivity index (χ1) is 17.6. The highest BCUT2D eigenvalue weighted by atomic mass is 16.5. The van der Waals surface area contributed by atoms with Gasteiger partial charge >= 0.3 is 0 Å². The number of hydrogen-bond acceptors (Lipinski definition) is 7. The van der Waals surface area contributed by atoms with E-state index in [2.05, 4.69) is 26.7 Å². The number of piperazine rings is 1. The quantitative estimate of drug-likeness (QED) is 0.571. The van der Waals surface area contributed by atoms with Gasteiger partial charge in [-0.05, 0) is 68.2 Å². The number of carbonyl (C=O) groups excluding carboxylic acids is 1. The van der Waals surface area contributed by atoms with Crippen molar-refractivity contribution in [2.45, 2.75) is 63.0 Å². The molecule has 1 amide bonds. The average molecular weight is 489 g/mol. The van der Waals surface area contributed by atoms with Gasteiger partial charge in [0.25, 0.3) is 0 Å². The van der Waals surface area contributed by atoms with Gasteiger partial charge in [0.1, 0.15) is 5.82 Å². The number of ether oxygens (including phenoxy) is 1. The van der Waals surface area contributed by atoms with Gasteiger partial charge in [-0.2, -0.15) is 0 Å². The van der Waals surface area contributed by atoms with E-state index in [1.54, 1.807) is 6.20 Å². The van der Waals surface area contributed by atoms with E-state index >= 15 is 0 Å². The van der Waals surface area contributed by atoms with Crippen molar-refractivity contribution in [1.82, 2.24) is 14.9 Å². The van der Waals surface area contributed by atoms with Gasteiger partial charge in [0.2, 0.25) is 5.91 Å². The molecule has 2 aromatic rings. The molecule has 6 rings (SSSR count). The van der Waals surface area contributed by atoms with E-state index in [4.69, 9.17) is 15.5 Å². The molecule has 2 atom stereocenters. The van der Waals surface area contributed by atoms with Gasteiger partial charge in [-0.15, -0.1) is 0 Å². The molecule has 4 fully saturated rings. The monoisotopic (exact) mass is 488 g/mol. The van der Waals surface area contributed by atoms with Crippen LogP contribution in [0.1, 0.15) is 62.1 Å². The molecule has 4 heterocycles. The number of hydrogen-bond donors (Lipinski definition) is 2. The Bertz CT molecular complexity index is 1140. The summed E-state index contributed by atoms with van der Waals surface area (Å²) in [6, 6.07) is 6.14. The second-order valence-corrected chi connectivity index (χ2v) is 10.7. The van der Waals surface area contributed by atoms with Crippen molar-refractivity contribution in [3.8, 4) is 0 Å². The minimum Gasteiger partial charge on any atom is -0.396 e. The Morgan fingerprint density at radius 2 is 2.08 bits per heavy atom. The highest BCUT2D eigenvalue weighted by Crippen LogP contribution is 2.45. The summed E-state index contributed by atoms with van der Waals surface area (Å²) < 4.78 is 5.74. The topological polar surface area (TPSA) is 96.6 Å². The van der Waals surface area contributed by atoms with Crippen molar-refractivity contribution < 1.29 is 9.53 Å². The Hall–Kier alpha value is -3.13. The molecule has 0 radical (unpaired) electrons. The Kier molecular flexibility index (Phi) is 6.29. The fourth-order valence-electron chi connectivity index (χ4n) is 5.65. The summed E-state index contributed by atoms with van der Waals surface area (Å²) in [5.74, 6) is 2.88. The Labute approximate surface area is 212 Å². The zero-order chi connectivity index (χ0) is 24.6. The molecule has 0 aromatic carbocycles. The molecule has 2 aliphatic heterocycles. The molecule has 4 aliphatic rings. The minimum atomic E-state index is 0.0931. The number of nitrogen functional groups attached to an aromatic ring is 1. The Morgan fingerprint density at radius 1 is 1.22 bits per heavy atom. The van der Waals surface area contributed by atoms with Gasteiger partial charge in [0, 0.05) is 38.4 Å². The number of carbonyl (C=O) groups is 1. The van der Waals surface area contributed by atoms with Crippen molar-refractivity contribution in [3.05, 3.63) is 42.2 Å². The second kappa shape index (κ2) is 9.73. The molecular weight excluding hydrogens is 452 g/mol. The first-order valence-electron chi connectivity index (χ1n) is 13.4. The third kappa shape index (κ3) is 4.91. The van der Waals surface area contributed by atoms with Crippen LogP contribution in [0.4, 0.5) is 23.0 Å². The van der Waals surface area contributed by atoms with Crippen LogP contribution in [-0.2, 0) is 9.53 Å². The summed E-state index contributed by atoms with van der Waals surface area (Å²) in [5, 5.41) is 3.45. The fourth-order valence-corrected chi connectivity index (χ4v) is 5.65. The maximum Gasteiger partial charge on any atom is 0.225 e. The zero-order valence-corrected chi connectivity index (χ0v) is 20.9. The van der Waals surface area contributed by atoms with Crippen LogP contribution in [0.5, 0.6) is 0 Å². The standard InChI is InChI=1S/C28H36N6O2/c1-2-18-9-10-30-25(14-18)31-23-16-22(29)28(32-27(23)20-7-8-20)33-11-12-34(24(17-33)19-5-6-19)26(35)15-21-4-3-13-36-21/h2,9-10,14,16,19-21,24H,1,3-8,11-13,15,17,29H2,(H,30,31)/t21-,24+/m1/s1. The zero-order valence-electron chi connectivity index (χ0n) is 20.9. The lowest BCUT2D eigenvalue weighted by Crippen LogP contribution is -2.57. The molecule has 2 saturated carbocycles. The predicted octanol–water partition coefficient (Wildman–Crippen LogP) is 4.32. The highest BCUT2D eigenvalue weighted by Gasteiger charge is 2.42. The maximum absolute atomic E-state index is 13.2. The van der Waals surface area contributed by atoms with E-state index in [9.17, 15) is 4.79 Å². The molecule has 0 bridgehead atoms. The first kappa shape index (κ1) is 23.3. The van der Waals surface area contributed by atoms with Gasteiger partial charge in [-0.1, -0.05) is 12.7 Å². The van der Waals surface area contributed by atoms with Crippen LogP contribution in [0.15, 0.2) is 31.0 Å². The average Bonchev–Trinajstić information content (AvgIpc) is 3.83. The molecule has 2 saturated heterocycles. The number of aromatic nitrogens is 2. The maximum atomic E-state index is 13.2. The third-order valence-corrected chi connectivity index (χ3v) is 7.94. The van der Waals surface area contributed by atoms with Gasteiger partial charge in [0.05, 0.1) is 35.6 Å². The van der Waals surface area contributed by atoms with Crippen LogP contribution in [-0.4, -0.2) is 59.2 Å². The molecule has 2 aliphatic carbocycles. The molecule has 2 aromatic heterocycles. The van der Waals surface area contributed by atoms with Gasteiger partial charge in [-0.3, -0.25) is 4.79 Å². The van der Waals surface area contributed by atoms with E-state index in [0.29, 0.717) is 30.5 Å². The minimum absolute atomic E-state index is 0.0931. The number of rotatable bonds is 8. The van der Waals surface area contributed by atoms with E-state index in [1.165, 1.54) is 12.8 Å². The van der Waals surface area contributed by atoms with Crippen molar-refractivity contribution in [2.75, 3.05) is 42.2 Å². The molecule has 0 spiro atoms. The second-order valence-electron chi connectivity index (χ2n) is 10.7. The predicted molar refractivity (Wildman–Crippen MR) is 142 cm³/mol. The van der Waals surface area contributed by atoms with Crippen molar-refractivity contribution in [1.29, 1.82) is 0 Å².